The Hall–Kier alpha value is -6.20. The Morgan fingerprint density at radius 2 is 0.824 bits per heavy atom. The molecular formula is C40H37BrN8O2. The van der Waals surface area contributed by atoms with Gasteiger partial charge in [-0.05, 0) is 48.5 Å². The van der Waals surface area contributed by atoms with Crippen molar-refractivity contribution in [2.75, 3.05) is 0 Å². The van der Waals surface area contributed by atoms with Crippen LogP contribution in [0.5, 0.6) is 17.2 Å². The number of aromatic hydroxyl groups is 1. The molecule has 8 rings (SSSR count). The molecule has 256 valence electrons. The largest absolute Gasteiger partial charge is 0.508 e. The van der Waals surface area contributed by atoms with Gasteiger partial charge in [0.15, 0.2) is 0 Å². The van der Waals surface area contributed by atoms with Gasteiger partial charge in [-0.2, -0.15) is 0 Å². The van der Waals surface area contributed by atoms with E-state index in [1.807, 2.05) is 144 Å². The molecule has 0 fully saturated rings. The van der Waals surface area contributed by atoms with Gasteiger partial charge in [-0.25, -0.2) is 19.9 Å². The molecule has 0 unspecified atom stereocenters. The van der Waals surface area contributed by atoms with E-state index in [1.54, 1.807) is 43.0 Å². The molecule has 0 aliphatic rings. The first-order valence-electron chi connectivity index (χ1n) is 16.1. The summed E-state index contributed by atoms with van der Waals surface area (Å²) < 4.78 is 15.0. The van der Waals surface area contributed by atoms with Crippen molar-refractivity contribution in [1.82, 2.24) is 38.2 Å². The molecule has 0 aliphatic heterocycles. The zero-order valence-electron chi connectivity index (χ0n) is 28.7. The molecular weight excluding hydrogens is 704 g/mol. The fourth-order valence-electron chi connectivity index (χ4n) is 5.38. The zero-order chi connectivity index (χ0) is 35.7. The number of benzene rings is 4. The average molecular weight is 742 g/mol. The highest BCUT2D eigenvalue weighted by atomic mass is 79.9. The minimum atomic E-state index is 0.264. The Balaban J connectivity index is 0.000000145. The monoisotopic (exact) mass is 740 g/mol. The average Bonchev–Trinajstić information content (AvgIpc) is 3.95. The molecule has 4 heterocycles. The lowest BCUT2D eigenvalue weighted by molar-refractivity contribution is 0.475. The van der Waals surface area contributed by atoms with E-state index in [9.17, 15) is 5.11 Å². The zero-order valence-corrected chi connectivity index (χ0v) is 30.3. The van der Waals surface area contributed by atoms with Gasteiger partial charge in [-0.3, -0.25) is 0 Å². The second kappa shape index (κ2) is 16.0. The second-order valence-electron chi connectivity index (χ2n) is 11.7. The fourth-order valence-corrected chi connectivity index (χ4v) is 5.78. The molecule has 51 heavy (non-hydrogen) atoms. The number of aryl methyl sites for hydroxylation is 4. The Morgan fingerprint density at radius 1 is 0.471 bits per heavy atom. The number of phenolic OH excluding ortho intramolecular Hbond substituents is 1. The quantitative estimate of drug-likeness (QED) is 0.183. The molecule has 4 aromatic carbocycles. The number of nitrogens with zero attached hydrogens (tertiary/aromatic N) is 8. The SMILES string of the molecule is Cn1ccnc1-c1cccc(Br)c1.Cn1ccnc1-c1cccc(O)c1.Cn1ccnc1-c1cccc(Oc2cccc(-c3nccn3C)c2)c1. The molecule has 0 amide bonds. The van der Waals surface area contributed by atoms with Gasteiger partial charge in [0.2, 0.25) is 0 Å². The van der Waals surface area contributed by atoms with Gasteiger partial charge in [-0.1, -0.05) is 64.5 Å². The molecule has 0 radical (unpaired) electrons. The van der Waals surface area contributed by atoms with Crippen LogP contribution < -0.4 is 4.74 Å². The molecule has 0 bridgehead atoms. The fraction of sp³-hybridized carbons (Fsp3) is 0.100. The van der Waals surface area contributed by atoms with Crippen LogP contribution in [0.2, 0.25) is 0 Å². The van der Waals surface area contributed by atoms with Crippen LogP contribution in [0.25, 0.3) is 45.6 Å². The standard InChI is InChI=1S/C20H18N4O.C10H9BrN2.C10H10N2O/c1-23-11-9-21-19(23)15-5-3-7-17(13-15)25-18-8-4-6-16(14-18)20-22-10-12-24(20)2;1-13-6-5-12-10(13)8-3-2-4-9(11)7-8;1-12-6-5-11-10(12)8-3-2-4-9(13)7-8/h3-14H,1-2H3;2-7H,1H3;2-7,13H,1H3. The first kappa shape index (κ1) is 34.7. The molecule has 11 heteroatoms. The van der Waals surface area contributed by atoms with E-state index in [4.69, 9.17) is 4.74 Å². The third-order valence-electron chi connectivity index (χ3n) is 7.89. The summed E-state index contributed by atoms with van der Waals surface area (Å²) in [5.74, 6) is 5.48. The third-order valence-corrected chi connectivity index (χ3v) is 8.39. The molecule has 0 aliphatic carbocycles. The van der Waals surface area contributed by atoms with E-state index < -0.39 is 0 Å². The lowest BCUT2D eigenvalue weighted by Crippen LogP contribution is -1.93. The molecule has 1 N–H and O–H groups in total. The summed E-state index contributed by atoms with van der Waals surface area (Å²) in [5, 5.41) is 9.27. The van der Waals surface area contributed by atoms with Crippen molar-refractivity contribution in [2.45, 2.75) is 0 Å². The number of halogens is 1. The van der Waals surface area contributed by atoms with Gasteiger partial charge in [0.05, 0.1) is 0 Å². The summed E-state index contributed by atoms with van der Waals surface area (Å²) in [7, 11) is 7.87. The van der Waals surface area contributed by atoms with Gasteiger partial charge < -0.3 is 28.1 Å². The number of phenols is 1. The number of hydrogen-bond donors (Lipinski definition) is 1. The minimum Gasteiger partial charge on any atom is -0.508 e. The highest BCUT2D eigenvalue weighted by molar-refractivity contribution is 9.10. The van der Waals surface area contributed by atoms with Crippen molar-refractivity contribution in [3.05, 3.63) is 151 Å². The summed E-state index contributed by atoms with van der Waals surface area (Å²) in [6, 6.07) is 31.1. The number of imidazole rings is 4. The summed E-state index contributed by atoms with van der Waals surface area (Å²) >= 11 is 3.44. The van der Waals surface area contributed by atoms with Crippen LogP contribution in [-0.4, -0.2) is 43.3 Å². The molecule has 8 aromatic rings. The van der Waals surface area contributed by atoms with Crippen LogP contribution in [0.15, 0.2) is 151 Å². The maximum atomic E-state index is 9.27. The van der Waals surface area contributed by atoms with Gasteiger partial charge in [0, 0.05) is 104 Å². The summed E-state index contributed by atoms with van der Waals surface area (Å²) in [4.78, 5) is 17.2. The van der Waals surface area contributed by atoms with Gasteiger partial charge >= 0.3 is 0 Å². The van der Waals surface area contributed by atoms with Crippen molar-refractivity contribution in [2.24, 2.45) is 28.2 Å². The molecule has 0 spiro atoms. The molecule has 0 saturated heterocycles. The Kier molecular flexibility index (Phi) is 10.9. The van der Waals surface area contributed by atoms with Crippen LogP contribution in [-0.2, 0) is 28.2 Å². The predicted octanol–water partition coefficient (Wildman–Crippen LogP) is 8.92. The van der Waals surface area contributed by atoms with E-state index in [1.165, 1.54) is 0 Å². The predicted molar refractivity (Wildman–Crippen MR) is 204 cm³/mol. The van der Waals surface area contributed by atoms with Crippen molar-refractivity contribution < 1.29 is 9.84 Å². The van der Waals surface area contributed by atoms with E-state index in [0.29, 0.717) is 0 Å². The summed E-state index contributed by atoms with van der Waals surface area (Å²) in [6.45, 7) is 0. The van der Waals surface area contributed by atoms with Crippen molar-refractivity contribution in [3.8, 4) is 62.8 Å². The van der Waals surface area contributed by atoms with Crippen LogP contribution in [0.4, 0.5) is 0 Å². The topological polar surface area (TPSA) is 101 Å². The van der Waals surface area contributed by atoms with Gasteiger partial charge in [-0.15, -0.1) is 0 Å². The van der Waals surface area contributed by atoms with Gasteiger partial charge in [0.25, 0.3) is 0 Å². The highest BCUT2D eigenvalue weighted by Crippen LogP contribution is 2.29. The Morgan fingerprint density at radius 3 is 1.18 bits per heavy atom. The smallest absolute Gasteiger partial charge is 0.139 e. The lowest BCUT2D eigenvalue weighted by atomic mass is 10.2. The highest BCUT2D eigenvalue weighted by Gasteiger charge is 2.08. The Labute approximate surface area is 305 Å². The van der Waals surface area contributed by atoms with E-state index in [0.717, 1.165) is 61.5 Å². The molecule has 10 nitrogen and oxygen atoms in total. The van der Waals surface area contributed by atoms with Gasteiger partial charge in [0.1, 0.15) is 40.5 Å². The normalized spacial score (nSPS) is 10.5. The van der Waals surface area contributed by atoms with Crippen LogP contribution in [0, 0.1) is 0 Å². The van der Waals surface area contributed by atoms with E-state index >= 15 is 0 Å². The number of rotatable bonds is 6. The van der Waals surface area contributed by atoms with Crippen molar-refractivity contribution in [1.29, 1.82) is 0 Å². The van der Waals surface area contributed by atoms with Crippen LogP contribution in [0.1, 0.15) is 0 Å². The first-order valence-corrected chi connectivity index (χ1v) is 16.9. The second-order valence-corrected chi connectivity index (χ2v) is 12.6. The third kappa shape index (κ3) is 8.70. The van der Waals surface area contributed by atoms with E-state index in [-0.39, 0.29) is 5.75 Å². The lowest BCUT2D eigenvalue weighted by Gasteiger charge is -2.09. The first-order chi connectivity index (χ1) is 24.7. The number of hydrogen-bond acceptors (Lipinski definition) is 6. The molecule has 0 saturated carbocycles. The number of ether oxygens (including phenoxy) is 1. The Bertz CT molecular complexity index is 2190. The minimum absolute atomic E-state index is 0.264. The molecule has 4 aromatic heterocycles. The number of aromatic nitrogens is 8. The summed E-state index contributed by atoms with van der Waals surface area (Å²) in [5.41, 5.74) is 4.09. The van der Waals surface area contributed by atoms with Crippen LogP contribution >= 0.6 is 15.9 Å². The summed E-state index contributed by atoms with van der Waals surface area (Å²) in [6.07, 6.45) is 14.8. The van der Waals surface area contributed by atoms with Crippen LogP contribution in [0.3, 0.4) is 0 Å². The maximum Gasteiger partial charge on any atom is 0.139 e. The van der Waals surface area contributed by atoms with Crippen molar-refractivity contribution >= 4 is 15.9 Å². The molecule has 0 atom stereocenters. The van der Waals surface area contributed by atoms with E-state index in [2.05, 4.69) is 41.9 Å². The van der Waals surface area contributed by atoms with Crippen molar-refractivity contribution in [3.63, 3.8) is 0 Å². The maximum absolute atomic E-state index is 9.27.